The van der Waals surface area contributed by atoms with Gasteiger partial charge >= 0.3 is 6.09 Å². The van der Waals surface area contributed by atoms with Gasteiger partial charge in [-0.05, 0) is 12.8 Å². The van der Waals surface area contributed by atoms with Crippen molar-refractivity contribution in [3.05, 3.63) is 0 Å². The van der Waals surface area contributed by atoms with Crippen molar-refractivity contribution < 1.29 is 17.4 Å². The number of carbonyl (C=O) groups excluding carboxylic acids is 1. The predicted molar refractivity (Wildman–Crippen MR) is 48.4 cm³/mol. The number of nitrogens with one attached hydrogen (secondary N) is 1. The molecule has 1 saturated carbocycles. The van der Waals surface area contributed by atoms with Crippen LogP contribution in [-0.4, -0.2) is 30.4 Å². The third kappa shape index (κ3) is 4.12. The van der Waals surface area contributed by atoms with E-state index in [4.69, 9.17) is 7.85 Å². The molecule has 2 N–H and O–H groups in total. The molecule has 1 aliphatic rings. The topological polar surface area (TPSA) is 58.6 Å². The molecule has 0 saturated heterocycles. The standard InChI is InChI=1S/C9H17NO3/c11-6-7-13-9(12)10-8-4-2-1-3-5-8/h8,11H,1-7H2,(H,10,12)/i7D2. The van der Waals surface area contributed by atoms with Gasteiger partial charge in [0.15, 0.2) is 0 Å². The predicted octanol–water partition coefficient (Wildman–Crippen LogP) is 1.04. The van der Waals surface area contributed by atoms with E-state index in [0.717, 1.165) is 25.7 Å². The fraction of sp³-hybridized carbons (Fsp3) is 0.889. The van der Waals surface area contributed by atoms with Gasteiger partial charge in [0.05, 0.1) is 9.35 Å². The first-order valence-electron chi connectivity index (χ1n) is 5.64. The third-order valence-electron chi connectivity index (χ3n) is 2.16. The molecule has 4 nitrogen and oxygen atoms in total. The lowest BCUT2D eigenvalue weighted by Crippen LogP contribution is -2.36. The van der Waals surface area contributed by atoms with Gasteiger partial charge in [0.25, 0.3) is 0 Å². The van der Waals surface area contributed by atoms with Gasteiger partial charge in [-0.3, -0.25) is 0 Å². The zero-order valence-electron chi connectivity index (χ0n) is 9.58. The molecule has 0 aromatic rings. The first-order chi connectivity index (χ1) is 7.03. The summed E-state index contributed by atoms with van der Waals surface area (Å²) >= 11 is 0. The van der Waals surface area contributed by atoms with Gasteiger partial charge < -0.3 is 15.2 Å². The summed E-state index contributed by atoms with van der Waals surface area (Å²) in [6.07, 6.45) is 4.38. The highest BCUT2D eigenvalue weighted by Crippen LogP contribution is 2.17. The monoisotopic (exact) mass is 189 g/mol. The summed E-state index contributed by atoms with van der Waals surface area (Å²) in [5, 5.41) is 11.2. The molecule has 0 spiro atoms. The Morgan fingerprint density at radius 1 is 1.54 bits per heavy atom. The van der Waals surface area contributed by atoms with E-state index in [1.54, 1.807) is 0 Å². The van der Waals surface area contributed by atoms with Gasteiger partial charge in [0, 0.05) is 6.04 Å². The maximum Gasteiger partial charge on any atom is 0.407 e. The fourth-order valence-corrected chi connectivity index (χ4v) is 1.54. The van der Waals surface area contributed by atoms with Crippen molar-refractivity contribution in [2.45, 2.75) is 38.1 Å². The van der Waals surface area contributed by atoms with Crippen LogP contribution in [0.15, 0.2) is 0 Å². The number of aliphatic hydroxyl groups is 1. The van der Waals surface area contributed by atoms with Gasteiger partial charge in [-0.2, -0.15) is 0 Å². The summed E-state index contributed by atoms with van der Waals surface area (Å²) in [4.78, 5) is 11.2. The van der Waals surface area contributed by atoms with Crippen LogP contribution in [0.5, 0.6) is 0 Å². The zero-order valence-corrected chi connectivity index (χ0v) is 7.58. The number of aliphatic hydroxyl groups excluding tert-OH is 1. The molecule has 1 rings (SSSR count). The number of rotatable bonds is 3. The summed E-state index contributed by atoms with van der Waals surface area (Å²) in [5.41, 5.74) is 0. The second kappa shape index (κ2) is 5.80. The molecule has 13 heavy (non-hydrogen) atoms. The van der Waals surface area contributed by atoms with Gasteiger partial charge in [-0.25, -0.2) is 4.79 Å². The Kier molecular flexibility index (Phi) is 3.40. The van der Waals surface area contributed by atoms with E-state index in [-0.39, 0.29) is 6.04 Å². The van der Waals surface area contributed by atoms with E-state index < -0.39 is 19.3 Å². The molecular formula is C9H17NO3. The maximum absolute atomic E-state index is 11.2. The number of hydrogen-bond donors (Lipinski definition) is 2. The zero-order chi connectivity index (χ0) is 11.3. The van der Waals surface area contributed by atoms with Crippen molar-refractivity contribution in [2.75, 3.05) is 13.2 Å². The van der Waals surface area contributed by atoms with Crippen molar-refractivity contribution >= 4 is 6.09 Å². The van der Waals surface area contributed by atoms with E-state index in [2.05, 4.69) is 10.1 Å². The summed E-state index contributed by atoms with van der Waals surface area (Å²) in [6, 6.07) is 0.0840. The third-order valence-corrected chi connectivity index (χ3v) is 2.16. The van der Waals surface area contributed by atoms with E-state index in [9.17, 15) is 4.79 Å². The van der Waals surface area contributed by atoms with Crippen LogP contribution in [0.1, 0.15) is 34.8 Å². The molecule has 0 aromatic carbocycles. The minimum absolute atomic E-state index is 0.0840. The first kappa shape index (κ1) is 7.62. The van der Waals surface area contributed by atoms with Crippen LogP contribution < -0.4 is 5.32 Å². The molecule has 0 bridgehead atoms. The molecule has 0 unspecified atom stereocenters. The molecule has 4 heteroatoms. The number of amides is 1. The van der Waals surface area contributed by atoms with E-state index in [1.807, 2.05) is 0 Å². The van der Waals surface area contributed by atoms with Gasteiger partial charge in [0.1, 0.15) is 6.56 Å². The van der Waals surface area contributed by atoms with Crippen molar-refractivity contribution in [2.24, 2.45) is 0 Å². The second-order valence-corrected chi connectivity index (χ2v) is 3.17. The summed E-state index contributed by atoms with van der Waals surface area (Å²) in [7, 11) is 0. The van der Waals surface area contributed by atoms with Crippen molar-refractivity contribution in [3.63, 3.8) is 0 Å². The Balaban J connectivity index is 2.28. The van der Waals surface area contributed by atoms with Crippen molar-refractivity contribution in [1.29, 1.82) is 0 Å². The van der Waals surface area contributed by atoms with Gasteiger partial charge in [-0.15, -0.1) is 0 Å². The number of alkyl carbamates (subject to hydrolysis) is 1. The summed E-state index contributed by atoms with van der Waals surface area (Å²) in [5.74, 6) is 0. The Hall–Kier alpha value is -0.770. The van der Waals surface area contributed by atoms with E-state index in [0.29, 0.717) is 0 Å². The molecule has 0 heterocycles. The lowest BCUT2D eigenvalue weighted by molar-refractivity contribution is 0.114. The minimum atomic E-state index is -2.29. The molecule has 1 amide bonds. The maximum atomic E-state index is 11.2. The molecule has 0 aromatic heterocycles. The quantitative estimate of drug-likeness (QED) is 0.697. The normalized spacial score (nSPS) is 21.6. The van der Waals surface area contributed by atoms with Crippen LogP contribution >= 0.6 is 0 Å². The van der Waals surface area contributed by atoms with E-state index >= 15 is 0 Å². The van der Waals surface area contributed by atoms with Crippen molar-refractivity contribution in [1.82, 2.24) is 5.32 Å². The molecule has 0 atom stereocenters. The van der Waals surface area contributed by atoms with Crippen LogP contribution in [-0.2, 0) is 4.74 Å². The van der Waals surface area contributed by atoms with Crippen LogP contribution in [0.4, 0.5) is 4.79 Å². The largest absolute Gasteiger partial charge is 0.447 e. The Labute approximate surface area is 81.1 Å². The van der Waals surface area contributed by atoms with Gasteiger partial charge in [-0.1, -0.05) is 19.3 Å². The van der Waals surface area contributed by atoms with Crippen LogP contribution in [0.2, 0.25) is 0 Å². The average Bonchev–Trinajstić information content (AvgIpc) is 2.18. The molecule has 76 valence electrons. The smallest absolute Gasteiger partial charge is 0.407 e. The lowest BCUT2D eigenvalue weighted by atomic mass is 9.96. The number of ether oxygens (including phenoxy) is 1. The Bertz CT molecular complexity index is 217. The minimum Gasteiger partial charge on any atom is -0.447 e. The SMILES string of the molecule is [2H]C([2H])(CO)OC(=O)NC1CCCCC1. The van der Waals surface area contributed by atoms with Gasteiger partial charge in [0.2, 0.25) is 0 Å². The molecule has 0 radical (unpaired) electrons. The summed E-state index contributed by atoms with van der Waals surface area (Å²) < 4.78 is 18.5. The number of hydrogen-bond acceptors (Lipinski definition) is 3. The van der Waals surface area contributed by atoms with Crippen molar-refractivity contribution in [3.8, 4) is 0 Å². The average molecular weight is 189 g/mol. The lowest BCUT2D eigenvalue weighted by Gasteiger charge is -2.22. The molecule has 1 aliphatic carbocycles. The van der Waals surface area contributed by atoms with Crippen LogP contribution in [0.25, 0.3) is 0 Å². The van der Waals surface area contributed by atoms with E-state index in [1.165, 1.54) is 6.42 Å². The first-order valence-corrected chi connectivity index (χ1v) is 4.64. The molecular weight excluding hydrogens is 170 g/mol. The summed E-state index contributed by atoms with van der Waals surface area (Å²) in [6.45, 7) is -3.12. The highest BCUT2D eigenvalue weighted by Gasteiger charge is 2.15. The Morgan fingerprint density at radius 2 is 2.23 bits per heavy atom. The highest BCUT2D eigenvalue weighted by atomic mass is 16.6. The second-order valence-electron chi connectivity index (χ2n) is 3.17. The highest BCUT2D eigenvalue weighted by molar-refractivity contribution is 5.67. The number of carbonyl (C=O) groups is 1. The van der Waals surface area contributed by atoms with Crippen LogP contribution in [0.3, 0.4) is 0 Å². The van der Waals surface area contributed by atoms with Crippen LogP contribution in [0, 0.1) is 0 Å². The Morgan fingerprint density at radius 3 is 2.85 bits per heavy atom. The molecule has 0 aliphatic heterocycles. The fourth-order valence-electron chi connectivity index (χ4n) is 1.54. The molecule has 1 fully saturated rings.